The Hall–Kier alpha value is -2.97. The molecule has 2 atom stereocenters. The fraction of sp³-hybridized carbons (Fsp3) is 0.467. The molecule has 9 heteroatoms. The van der Waals surface area contributed by atoms with Crippen LogP contribution >= 0.6 is 11.6 Å². The Kier molecular flexibility index (Phi) is 7.96. The second-order valence-electron chi connectivity index (χ2n) is 11.4. The molecule has 2 unspecified atom stereocenters. The molecule has 0 spiro atoms. The van der Waals surface area contributed by atoms with Crippen LogP contribution < -0.4 is 5.32 Å². The number of piperazine rings is 1. The molecule has 1 heterocycles. The summed E-state index contributed by atoms with van der Waals surface area (Å²) >= 11 is 6.40. The number of anilines is 1. The van der Waals surface area contributed by atoms with Gasteiger partial charge in [0, 0.05) is 51.9 Å². The number of urea groups is 1. The van der Waals surface area contributed by atoms with E-state index < -0.39 is 17.7 Å². The maximum absolute atomic E-state index is 13.9. The zero-order valence-corrected chi connectivity index (χ0v) is 23.2. The van der Waals surface area contributed by atoms with Crippen LogP contribution in [-0.4, -0.2) is 72.5 Å². The second-order valence-corrected chi connectivity index (χ2v) is 11.8. The topological polar surface area (TPSA) is 55.9 Å². The van der Waals surface area contributed by atoms with Crippen molar-refractivity contribution in [2.75, 3.05) is 51.1 Å². The van der Waals surface area contributed by atoms with Gasteiger partial charge in [-0.25, -0.2) is 13.6 Å². The second kappa shape index (κ2) is 11.3. The van der Waals surface area contributed by atoms with Gasteiger partial charge in [0.05, 0.1) is 16.3 Å². The van der Waals surface area contributed by atoms with Gasteiger partial charge in [-0.2, -0.15) is 0 Å². The third-order valence-electron chi connectivity index (χ3n) is 8.87. The maximum atomic E-state index is 13.9. The number of hydrogen-bond acceptors (Lipinski definition) is 3. The standard InChI is InChI=1S/C30H35ClF2N4O2/c1-30(2)21-8-7-20(24(30)17-21)19-37(28(38)23-5-3-4-6-25(23)31)16-13-35-11-14-36(15-12-35)29(39)34-27-10-9-22(32)18-26(27)33/h3-7,9-10,18,21,24H,8,11-17,19H2,1-2H3,(H,34,39). The molecule has 1 N–H and O–H groups in total. The number of amides is 3. The summed E-state index contributed by atoms with van der Waals surface area (Å²) in [7, 11) is 0. The number of benzene rings is 2. The summed E-state index contributed by atoms with van der Waals surface area (Å²) in [6, 6.07) is 9.84. The van der Waals surface area contributed by atoms with Crippen molar-refractivity contribution in [1.82, 2.24) is 14.7 Å². The first-order chi connectivity index (χ1) is 18.6. The Morgan fingerprint density at radius 3 is 2.51 bits per heavy atom. The van der Waals surface area contributed by atoms with E-state index in [9.17, 15) is 18.4 Å². The smallest absolute Gasteiger partial charge is 0.322 e. The number of nitrogens with zero attached hydrogens (tertiary/aromatic N) is 3. The van der Waals surface area contributed by atoms with Gasteiger partial charge in [-0.1, -0.05) is 49.2 Å². The molecule has 4 aliphatic rings. The largest absolute Gasteiger partial charge is 0.333 e. The van der Waals surface area contributed by atoms with Crippen LogP contribution in [-0.2, 0) is 0 Å². The minimum atomic E-state index is -0.806. The normalized spacial score (nSPS) is 22.1. The minimum absolute atomic E-state index is 0.0458. The molecule has 2 fully saturated rings. The first-order valence-electron chi connectivity index (χ1n) is 13.6. The molecule has 1 saturated heterocycles. The molecule has 3 amide bonds. The Morgan fingerprint density at radius 2 is 1.85 bits per heavy atom. The summed E-state index contributed by atoms with van der Waals surface area (Å²) in [5.41, 5.74) is 2.08. The molecule has 39 heavy (non-hydrogen) atoms. The quantitative estimate of drug-likeness (QED) is 0.432. The summed E-state index contributed by atoms with van der Waals surface area (Å²) in [5.74, 6) is -0.335. The molecule has 3 aliphatic carbocycles. The minimum Gasteiger partial charge on any atom is -0.333 e. The predicted molar refractivity (Wildman–Crippen MR) is 149 cm³/mol. The fourth-order valence-electron chi connectivity index (χ4n) is 6.16. The van der Waals surface area contributed by atoms with E-state index in [4.69, 9.17) is 11.6 Å². The van der Waals surface area contributed by atoms with Gasteiger partial charge in [0.2, 0.25) is 0 Å². The lowest BCUT2D eigenvalue weighted by molar-refractivity contribution is -0.0105. The molecule has 208 valence electrons. The Balaban J connectivity index is 1.19. The van der Waals surface area contributed by atoms with Gasteiger partial charge in [-0.3, -0.25) is 9.69 Å². The van der Waals surface area contributed by atoms with Crippen LogP contribution in [0.5, 0.6) is 0 Å². The van der Waals surface area contributed by atoms with Crippen LogP contribution in [0.4, 0.5) is 19.3 Å². The number of nitrogens with one attached hydrogen (secondary N) is 1. The lowest BCUT2D eigenvalue weighted by atomic mass is 9.49. The molecule has 1 saturated carbocycles. The third kappa shape index (κ3) is 5.82. The van der Waals surface area contributed by atoms with Gasteiger partial charge in [0.1, 0.15) is 11.6 Å². The van der Waals surface area contributed by atoms with E-state index in [-0.39, 0.29) is 17.0 Å². The molecule has 6 nitrogen and oxygen atoms in total. The highest BCUT2D eigenvalue weighted by atomic mass is 35.5. The number of carbonyl (C=O) groups excluding carboxylic acids is 2. The van der Waals surface area contributed by atoms with Crippen LogP contribution in [0.25, 0.3) is 0 Å². The van der Waals surface area contributed by atoms with Crippen molar-refractivity contribution in [2.45, 2.75) is 26.7 Å². The fourth-order valence-corrected chi connectivity index (χ4v) is 6.37. The number of fused-ring (bicyclic) bond motifs is 1. The van der Waals surface area contributed by atoms with Crippen molar-refractivity contribution >= 4 is 29.2 Å². The first kappa shape index (κ1) is 27.6. The number of rotatable bonds is 7. The van der Waals surface area contributed by atoms with Crippen molar-refractivity contribution in [3.8, 4) is 0 Å². The number of hydrogen-bond donors (Lipinski definition) is 1. The molecule has 2 aromatic rings. The van der Waals surface area contributed by atoms with Gasteiger partial charge in [0.25, 0.3) is 5.91 Å². The summed E-state index contributed by atoms with van der Waals surface area (Å²) in [5, 5.41) is 2.98. The lowest BCUT2D eigenvalue weighted by Gasteiger charge is -2.57. The molecular weight excluding hydrogens is 522 g/mol. The molecule has 0 aromatic heterocycles. The van der Waals surface area contributed by atoms with Crippen LogP contribution in [0, 0.1) is 28.9 Å². The summed E-state index contributed by atoms with van der Waals surface area (Å²) in [6.07, 6.45) is 4.59. The van der Waals surface area contributed by atoms with Gasteiger partial charge in [0.15, 0.2) is 0 Å². The van der Waals surface area contributed by atoms with Gasteiger partial charge < -0.3 is 15.1 Å². The highest BCUT2D eigenvalue weighted by Gasteiger charge is 2.51. The molecular formula is C30H35ClF2N4O2. The van der Waals surface area contributed by atoms with E-state index in [1.165, 1.54) is 18.1 Å². The van der Waals surface area contributed by atoms with Crippen molar-refractivity contribution in [3.63, 3.8) is 0 Å². The van der Waals surface area contributed by atoms with E-state index in [1.54, 1.807) is 17.0 Å². The zero-order valence-electron chi connectivity index (χ0n) is 22.4. The third-order valence-corrected chi connectivity index (χ3v) is 9.20. The summed E-state index contributed by atoms with van der Waals surface area (Å²) in [6.45, 7) is 8.68. The van der Waals surface area contributed by atoms with Crippen LogP contribution in [0.2, 0.25) is 5.02 Å². The van der Waals surface area contributed by atoms with Gasteiger partial charge in [-0.15, -0.1) is 0 Å². The van der Waals surface area contributed by atoms with E-state index in [2.05, 4.69) is 30.1 Å². The lowest BCUT2D eigenvalue weighted by Crippen LogP contribution is -2.53. The molecule has 2 bridgehead atoms. The Morgan fingerprint density at radius 1 is 1.10 bits per heavy atom. The first-order valence-corrected chi connectivity index (χ1v) is 14.0. The predicted octanol–water partition coefficient (Wildman–Crippen LogP) is 5.90. The number of halogens is 3. The SMILES string of the molecule is CC1(C)C2CC=C(CN(CCN3CCN(C(=O)Nc4ccc(F)cc4F)CC3)C(=O)c3ccccc3Cl)C1C2. The number of allylic oxidation sites excluding steroid dienone is 1. The maximum Gasteiger partial charge on any atom is 0.322 e. The van der Waals surface area contributed by atoms with Crippen molar-refractivity contribution in [3.05, 3.63) is 76.3 Å². The number of carbonyl (C=O) groups is 2. The monoisotopic (exact) mass is 556 g/mol. The van der Waals surface area contributed by atoms with Crippen molar-refractivity contribution in [2.24, 2.45) is 17.3 Å². The van der Waals surface area contributed by atoms with Gasteiger partial charge in [-0.05, 0) is 54.4 Å². The van der Waals surface area contributed by atoms with Crippen LogP contribution in [0.1, 0.15) is 37.0 Å². The summed E-state index contributed by atoms with van der Waals surface area (Å²) in [4.78, 5) is 32.0. The molecule has 0 radical (unpaired) electrons. The van der Waals surface area contributed by atoms with Crippen LogP contribution in [0.3, 0.4) is 0 Å². The Bertz CT molecular complexity index is 1280. The zero-order chi connectivity index (χ0) is 27.7. The van der Waals surface area contributed by atoms with Crippen molar-refractivity contribution in [1.29, 1.82) is 0 Å². The van der Waals surface area contributed by atoms with Crippen molar-refractivity contribution < 1.29 is 18.4 Å². The average molecular weight is 557 g/mol. The average Bonchev–Trinajstić information content (AvgIpc) is 2.92. The van der Waals surface area contributed by atoms with E-state index in [0.29, 0.717) is 62.3 Å². The van der Waals surface area contributed by atoms with E-state index in [0.717, 1.165) is 24.5 Å². The highest BCUT2D eigenvalue weighted by molar-refractivity contribution is 6.33. The van der Waals surface area contributed by atoms with Gasteiger partial charge >= 0.3 is 6.03 Å². The van der Waals surface area contributed by atoms with E-state index >= 15 is 0 Å². The Labute approximate surface area is 233 Å². The molecule has 1 aliphatic heterocycles. The van der Waals surface area contributed by atoms with Crippen LogP contribution in [0.15, 0.2) is 54.1 Å². The molecule has 2 aromatic carbocycles. The highest BCUT2D eigenvalue weighted by Crippen LogP contribution is 2.59. The summed E-state index contributed by atoms with van der Waals surface area (Å²) < 4.78 is 27.1. The molecule has 6 rings (SSSR count). The van der Waals surface area contributed by atoms with E-state index in [1.807, 2.05) is 17.0 Å².